The molecule has 8 heteroatoms. The van der Waals surface area contributed by atoms with Crippen LogP contribution in [0.25, 0.3) is 6.08 Å². The second kappa shape index (κ2) is 10.2. The first-order valence-corrected chi connectivity index (χ1v) is 10.9. The van der Waals surface area contributed by atoms with Crippen LogP contribution in [0.3, 0.4) is 0 Å². The first kappa shape index (κ1) is 23.7. The molecule has 7 nitrogen and oxygen atoms in total. The van der Waals surface area contributed by atoms with Crippen molar-refractivity contribution in [3.63, 3.8) is 0 Å². The monoisotopic (exact) mass is 488 g/mol. The number of methoxy groups -OCH3 is 2. The molecule has 1 aliphatic rings. The zero-order valence-corrected chi connectivity index (χ0v) is 19.7. The molecule has 0 aromatic heterocycles. The number of allylic oxidation sites excluding steroid dienone is 1. The predicted molar refractivity (Wildman–Crippen MR) is 131 cm³/mol. The van der Waals surface area contributed by atoms with Crippen LogP contribution in [0.2, 0.25) is 5.02 Å². The lowest BCUT2D eigenvalue weighted by atomic mass is 9.83. The Morgan fingerprint density at radius 1 is 1.06 bits per heavy atom. The van der Waals surface area contributed by atoms with Crippen LogP contribution >= 0.6 is 11.6 Å². The predicted octanol–water partition coefficient (Wildman–Crippen LogP) is 5.19. The van der Waals surface area contributed by atoms with E-state index in [2.05, 4.69) is 6.07 Å². The van der Waals surface area contributed by atoms with Crippen LogP contribution in [0.4, 0.5) is 0 Å². The molecule has 0 bridgehead atoms. The zero-order chi connectivity index (χ0) is 24.9. The SMILES string of the molecule is COc1ccc(C2C(C#N)=C(N)Oc3cc(OC(=O)/C=C/c4ccc(Cl)cc4)ccc32)cc1OC. The smallest absolute Gasteiger partial charge is 0.336 e. The van der Waals surface area contributed by atoms with E-state index in [1.165, 1.54) is 13.2 Å². The van der Waals surface area contributed by atoms with Gasteiger partial charge < -0.3 is 24.7 Å². The molecule has 1 heterocycles. The van der Waals surface area contributed by atoms with Crippen molar-refractivity contribution in [2.45, 2.75) is 5.92 Å². The van der Waals surface area contributed by atoms with Crippen LogP contribution in [0.5, 0.6) is 23.0 Å². The lowest BCUT2D eigenvalue weighted by Gasteiger charge is -2.27. The van der Waals surface area contributed by atoms with Gasteiger partial charge in [-0.2, -0.15) is 5.26 Å². The van der Waals surface area contributed by atoms with Crippen LogP contribution in [-0.4, -0.2) is 20.2 Å². The Labute approximate surface area is 207 Å². The topological polar surface area (TPSA) is 104 Å². The van der Waals surface area contributed by atoms with E-state index in [1.54, 1.807) is 67.8 Å². The average molecular weight is 489 g/mol. The highest BCUT2D eigenvalue weighted by Crippen LogP contribution is 2.45. The molecule has 0 spiro atoms. The van der Waals surface area contributed by atoms with Crippen molar-refractivity contribution < 1.29 is 23.7 Å². The number of hydrogen-bond acceptors (Lipinski definition) is 7. The van der Waals surface area contributed by atoms with Crippen LogP contribution < -0.4 is 24.7 Å². The normalized spacial score (nSPS) is 14.6. The summed E-state index contributed by atoms with van der Waals surface area (Å²) in [6.07, 6.45) is 2.94. The molecule has 0 fully saturated rings. The summed E-state index contributed by atoms with van der Waals surface area (Å²) in [4.78, 5) is 12.3. The molecule has 3 aromatic rings. The highest BCUT2D eigenvalue weighted by Gasteiger charge is 2.31. The average Bonchev–Trinajstić information content (AvgIpc) is 2.87. The van der Waals surface area contributed by atoms with E-state index in [-0.39, 0.29) is 17.2 Å². The minimum absolute atomic E-state index is 0.0223. The number of hydrogen-bond donors (Lipinski definition) is 1. The van der Waals surface area contributed by atoms with Crippen LogP contribution in [-0.2, 0) is 4.79 Å². The Morgan fingerprint density at radius 3 is 2.49 bits per heavy atom. The highest BCUT2D eigenvalue weighted by molar-refractivity contribution is 6.30. The summed E-state index contributed by atoms with van der Waals surface area (Å²) in [5.41, 5.74) is 8.61. The van der Waals surface area contributed by atoms with Gasteiger partial charge in [0.05, 0.1) is 20.1 Å². The number of rotatable bonds is 6. The summed E-state index contributed by atoms with van der Waals surface area (Å²) in [5.74, 6) is 0.652. The number of carbonyl (C=O) groups excluding carboxylic acids is 1. The summed E-state index contributed by atoms with van der Waals surface area (Å²) in [7, 11) is 3.09. The third kappa shape index (κ3) is 5.08. The Bertz CT molecular complexity index is 1370. The van der Waals surface area contributed by atoms with Gasteiger partial charge in [0, 0.05) is 22.7 Å². The van der Waals surface area contributed by atoms with Crippen molar-refractivity contribution in [1.29, 1.82) is 5.26 Å². The van der Waals surface area contributed by atoms with Crippen molar-refractivity contribution in [2.24, 2.45) is 5.73 Å². The van der Waals surface area contributed by atoms with E-state index < -0.39 is 11.9 Å². The summed E-state index contributed by atoms with van der Waals surface area (Å²) in [6.45, 7) is 0. The lowest BCUT2D eigenvalue weighted by molar-refractivity contribution is -0.128. The molecule has 1 atom stereocenters. The number of halogens is 1. The fraction of sp³-hybridized carbons (Fsp3) is 0.111. The summed E-state index contributed by atoms with van der Waals surface area (Å²) < 4.78 is 21.9. The van der Waals surface area contributed by atoms with Crippen LogP contribution in [0.1, 0.15) is 22.6 Å². The molecule has 35 heavy (non-hydrogen) atoms. The molecular weight excluding hydrogens is 468 g/mol. The number of nitriles is 1. The number of nitrogens with two attached hydrogens (primary N) is 1. The van der Waals surface area contributed by atoms with Crippen molar-refractivity contribution in [3.05, 3.63) is 99.9 Å². The van der Waals surface area contributed by atoms with Gasteiger partial charge >= 0.3 is 5.97 Å². The first-order chi connectivity index (χ1) is 16.9. The van der Waals surface area contributed by atoms with E-state index in [4.69, 9.17) is 36.3 Å². The van der Waals surface area contributed by atoms with Gasteiger partial charge in [0.1, 0.15) is 23.1 Å². The van der Waals surface area contributed by atoms with E-state index in [1.807, 2.05) is 6.07 Å². The van der Waals surface area contributed by atoms with Crippen LogP contribution in [0, 0.1) is 11.3 Å². The third-order valence-corrected chi connectivity index (χ3v) is 5.68. The molecule has 0 radical (unpaired) electrons. The molecule has 2 N–H and O–H groups in total. The van der Waals surface area contributed by atoms with Gasteiger partial charge in [-0.15, -0.1) is 0 Å². The number of ether oxygens (including phenoxy) is 4. The Kier molecular flexibility index (Phi) is 6.95. The number of fused-ring (bicyclic) bond motifs is 1. The molecule has 0 amide bonds. The van der Waals surface area contributed by atoms with Crippen molar-refractivity contribution >= 4 is 23.6 Å². The molecule has 1 unspecified atom stereocenters. The number of benzene rings is 3. The Hall–Kier alpha value is -4.41. The third-order valence-electron chi connectivity index (χ3n) is 5.43. The second-order valence-corrected chi connectivity index (χ2v) is 7.98. The molecule has 0 saturated heterocycles. The standard InChI is InChI=1S/C27H21ClN2O5/c1-32-22-11-6-17(13-24(22)33-2)26-20-10-9-19(14-23(20)35-27(30)21(26)15-29)34-25(31)12-5-16-3-7-18(28)8-4-16/h3-14,26H,30H2,1-2H3/b12-5+. The number of nitrogens with zero attached hydrogens (tertiary/aromatic N) is 1. The van der Waals surface area contributed by atoms with E-state index >= 15 is 0 Å². The Morgan fingerprint density at radius 2 is 1.80 bits per heavy atom. The fourth-order valence-corrected chi connectivity index (χ4v) is 3.89. The maximum absolute atomic E-state index is 12.3. The van der Waals surface area contributed by atoms with Gasteiger partial charge in [-0.25, -0.2) is 4.79 Å². The zero-order valence-electron chi connectivity index (χ0n) is 18.9. The van der Waals surface area contributed by atoms with Gasteiger partial charge in [0.25, 0.3) is 0 Å². The molecule has 0 aliphatic carbocycles. The quantitative estimate of drug-likeness (QED) is 0.289. The van der Waals surface area contributed by atoms with Crippen molar-refractivity contribution in [1.82, 2.24) is 0 Å². The fourth-order valence-electron chi connectivity index (χ4n) is 3.76. The largest absolute Gasteiger partial charge is 0.493 e. The highest BCUT2D eigenvalue weighted by atomic mass is 35.5. The lowest BCUT2D eigenvalue weighted by Crippen LogP contribution is -2.21. The number of esters is 1. The van der Waals surface area contributed by atoms with Crippen molar-refractivity contribution in [2.75, 3.05) is 14.2 Å². The van der Waals surface area contributed by atoms with Crippen molar-refractivity contribution in [3.8, 4) is 29.1 Å². The molecular formula is C27H21ClN2O5. The van der Waals surface area contributed by atoms with Gasteiger partial charge in [-0.1, -0.05) is 35.9 Å². The Balaban J connectivity index is 1.62. The maximum Gasteiger partial charge on any atom is 0.336 e. The van der Waals surface area contributed by atoms with Gasteiger partial charge in [-0.05, 0) is 47.5 Å². The first-order valence-electron chi connectivity index (χ1n) is 10.5. The molecule has 3 aromatic carbocycles. The van der Waals surface area contributed by atoms with Crippen LogP contribution in [0.15, 0.2) is 78.2 Å². The minimum Gasteiger partial charge on any atom is -0.493 e. The summed E-state index contributed by atoms with van der Waals surface area (Å²) in [5, 5.41) is 10.4. The second-order valence-electron chi connectivity index (χ2n) is 7.54. The molecule has 4 rings (SSSR count). The number of carbonyl (C=O) groups is 1. The molecule has 176 valence electrons. The summed E-state index contributed by atoms with van der Waals surface area (Å²) in [6, 6.07) is 19.5. The molecule has 1 aliphatic heterocycles. The van der Waals surface area contributed by atoms with Gasteiger partial charge in [-0.3, -0.25) is 0 Å². The summed E-state index contributed by atoms with van der Waals surface area (Å²) >= 11 is 5.88. The van der Waals surface area contributed by atoms with E-state index in [9.17, 15) is 10.1 Å². The van der Waals surface area contributed by atoms with E-state index in [0.29, 0.717) is 27.8 Å². The van der Waals surface area contributed by atoms with Gasteiger partial charge in [0.2, 0.25) is 5.88 Å². The van der Waals surface area contributed by atoms with E-state index in [0.717, 1.165) is 11.1 Å². The minimum atomic E-state index is -0.562. The maximum atomic E-state index is 12.3. The van der Waals surface area contributed by atoms with Gasteiger partial charge in [0.15, 0.2) is 11.5 Å². The molecule has 0 saturated carbocycles.